The number of nitrogens with one attached hydrogen (secondary N) is 2. The van der Waals surface area contributed by atoms with E-state index >= 15 is 0 Å². The average Bonchev–Trinajstić information content (AvgIpc) is 2.41. The molecule has 4 N–H and O–H groups in total. The minimum absolute atomic E-state index is 0.193. The fourth-order valence-electron chi connectivity index (χ4n) is 1.18. The zero-order valence-electron chi connectivity index (χ0n) is 11.5. The Labute approximate surface area is 112 Å². The fraction of sp³-hybridized carbons (Fsp3) is 0.700. The van der Waals surface area contributed by atoms with Crippen LogP contribution in [0.3, 0.4) is 0 Å². The summed E-state index contributed by atoms with van der Waals surface area (Å²) < 4.78 is 10.4. The largest absolute Gasteiger partial charge is 0.467 e. The van der Waals surface area contributed by atoms with Gasteiger partial charge in [-0.25, -0.2) is 5.84 Å². The highest BCUT2D eigenvalue weighted by atomic mass is 16.5. The van der Waals surface area contributed by atoms with Crippen molar-refractivity contribution >= 4 is 11.9 Å². The van der Waals surface area contributed by atoms with Crippen LogP contribution in [-0.2, 0) is 4.74 Å². The summed E-state index contributed by atoms with van der Waals surface area (Å²) in [7, 11) is 5.48. The second-order valence-electron chi connectivity index (χ2n) is 3.96. The summed E-state index contributed by atoms with van der Waals surface area (Å²) in [5.41, 5.74) is 2.35. The van der Waals surface area contributed by atoms with E-state index in [2.05, 4.69) is 30.6 Å². The van der Waals surface area contributed by atoms with E-state index in [1.807, 2.05) is 14.1 Å². The predicted octanol–water partition coefficient (Wildman–Crippen LogP) is -0.844. The van der Waals surface area contributed by atoms with Crippen LogP contribution >= 0.6 is 0 Å². The molecule has 1 rings (SSSR count). The number of hydrazine groups is 1. The number of anilines is 2. The Kier molecular flexibility index (Phi) is 6.79. The van der Waals surface area contributed by atoms with Crippen LogP contribution in [0.2, 0.25) is 0 Å². The van der Waals surface area contributed by atoms with Crippen molar-refractivity contribution in [2.24, 2.45) is 5.84 Å². The molecule has 0 unspecified atom stereocenters. The Morgan fingerprint density at radius 2 is 1.89 bits per heavy atom. The van der Waals surface area contributed by atoms with Gasteiger partial charge in [0.15, 0.2) is 0 Å². The molecule has 1 aromatic heterocycles. The van der Waals surface area contributed by atoms with Crippen molar-refractivity contribution in [2.45, 2.75) is 0 Å². The molecule has 0 aliphatic heterocycles. The smallest absolute Gasteiger partial charge is 0.322 e. The van der Waals surface area contributed by atoms with Crippen molar-refractivity contribution in [1.29, 1.82) is 0 Å². The van der Waals surface area contributed by atoms with Gasteiger partial charge in [-0.1, -0.05) is 0 Å². The number of likely N-dealkylation sites (N-methyl/N-ethyl adjacent to an activating group) is 1. The number of aromatic nitrogens is 3. The van der Waals surface area contributed by atoms with Gasteiger partial charge in [-0.15, -0.1) is 0 Å². The number of methoxy groups -OCH3 is 1. The third kappa shape index (κ3) is 6.13. The molecule has 19 heavy (non-hydrogen) atoms. The molecule has 0 radical (unpaired) electrons. The number of nitrogen functional groups attached to an aromatic ring is 1. The molecule has 1 aromatic rings. The molecule has 0 fully saturated rings. The molecule has 0 bridgehead atoms. The summed E-state index contributed by atoms with van der Waals surface area (Å²) in [6.45, 7) is 2.73. The molecular weight excluding hydrogens is 250 g/mol. The standard InChI is InChI=1S/C10H21N7O2/c1-17(2)5-7-19-6-4-12-8-13-9(16-11)15-10(14-8)18-3/h4-7,11H2,1-3H3,(H2,12,13,14,15,16). The molecular formula is C10H21N7O2. The highest BCUT2D eigenvalue weighted by Crippen LogP contribution is 2.09. The van der Waals surface area contributed by atoms with Crippen LogP contribution in [0.4, 0.5) is 11.9 Å². The quantitative estimate of drug-likeness (QED) is 0.300. The highest BCUT2D eigenvalue weighted by molar-refractivity contribution is 5.34. The first-order chi connectivity index (χ1) is 9.15. The lowest BCUT2D eigenvalue weighted by atomic mass is 10.6. The summed E-state index contributed by atoms with van der Waals surface area (Å²) in [5.74, 6) is 5.87. The van der Waals surface area contributed by atoms with Gasteiger partial charge in [-0.2, -0.15) is 15.0 Å². The SMILES string of the molecule is COc1nc(NN)nc(NCCOCCN(C)C)n1. The maximum atomic E-state index is 5.43. The summed E-state index contributed by atoms with van der Waals surface area (Å²) in [4.78, 5) is 14.0. The van der Waals surface area contributed by atoms with Gasteiger partial charge in [0.05, 0.1) is 20.3 Å². The second-order valence-corrected chi connectivity index (χ2v) is 3.96. The van der Waals surface area contributed by atoms with E-state index in [1.165, 1.54) is 7.11 Å². The number of ether oxygens (including phenoxy) is 2. The molecule has 9 nitrogen and oxygen atoms in total. The number of nitrogens with zero attached hydrogens (tertiary/aromatic N) is 4. The molecule has 0 amide bonds. The topological polar surface area (TPSA) is 110 Å². The van der Waals surface area contributed by atoms with Crippen molar-refractivity contribution in [1.82, 2.24) is 19.9 Å². The lowest BCUT2D eigenvalue weighted by molar-refractivity contribution is 0.126. The monoisotopic (exact) mass is 271 g/mol. The first kappa shape index (κ1) is 15.3. The van der Waals surface area contributed by atoms with Crippen molar-refractivity contribution in [3.8, 4) is 6.01 Å². The molecule has 0 aliphatic carbocycles. The highest BCUT2D eigenvalue weighted by Gasteiger charge is 2.04. The lowest BCUT2D eigenvalue weighted by Crippen LogP contribution is -2.20. The number of hydrogen-bond acceptors (Lipinski definition) is 9. The van der Waals surface area contributed by atoms with E-state index in [-0.39, 0.29) is 12.0 Å². The predicted molar refractivity (Wildman–Crippen MR) is 72.1 cm³/mol. The van der Waals surface area contributed by atoms with Gasteiger partial charge < -0.3 is 19.7 Å². The van der Waals surface area contributed by atoms with E-state index in [0.717, 1.165) is 6.54 Å². The number of rotatable bonds is 9. The summed E-state index contributed by atoms with van der Waals surface area (Å²) >= 11 is 0. The van der Waals surface area contributed by atoms with E-state index in [0.29, 0.717) is 25.7 Å². The Bertz CT molecular complexity index is 353. The van der Waals surface area contributed by atoms with E-state index in [1.54, 1.807) is 0 Å². The molecule has 0 aliphatic rings. The van der Waals surface area contributed by atoms with Gasteiger partial charge in [-0.05, 0) is 14.1 Å². The van der Waals surface area contributed by atoms with Gasteiger partial charge in [0.25, 0.3) is 0 Å². The minimum atomic E-state index is 0.193. The summed E-state index contributed by atoms with van der Waals surface area (Å²) in [6.07, 6.45) is 0. The van der Waals surface area contributed by atoms with Crippen molar-refractivity contribution in [2.75, 3.05) is 58.3 Å². The van der Waals surface area contributed by atoms with Gasteiger partial charge in [0.2, 0.25) is 11.9 Å². The van der Waals surface area contributed by atoms with Crippen LogP contribution in [-0.4, -0.2) is 67.4 Å². The zero-order chi connectivity index (χ0) is 14.1. The van der Waals surface area contributed by atoms with Crippen LogP contribution in [0.5, 0.6) is 6.01 Å². The summed E-state index contributed by atoms with van der Waals surface area (Å²) in [5, 5.41) is 3.01. The molecule has 1 heterocycles. The van der Waals surface area contributed by atoms with Crippen molar-refractivity contribution in [3.63, 3.8) is 0 Å². The number of nitrogens with two attached hydrogens (primary N) is 1. The van der Waals surface area contributed by atoms with Crippen LogP contribution in [0.15, 0.2) is 0 Å². The normalized spacial score (nSPS) is 10.6. The van der Waals surface area contributed by atoms with E-state index in [4.69, 9.17) is 15.3 Å². The molecule has 0 atom stereocenters. The molecule has 0 spiro atoms. The molecule has 0 saturated heterocycles. The lowest BCUT2D eigenvalue weighted by Gasteiger charge is -2.10. The minimum Gasteiger partial charge on any atom is -0.467 e. The molecule has 108 valence electrons. The van der Waals surface area contributed by atoms with Crippen LogP contribution < -0.4 is 21.3 Å². The average molecular weight is 271 g/mol. The molecule has 0 saturated carbocycles. The maximum Gasteiger partial charge on any atom is 0.322 e. The molecule has 0 aromatic carbocycles. The van der Waals surface area contributed by atoms with Crippen LogP contribution in [0.25, 0.3) is 0 Å². The van der Waals surface area contributed by atoms with Crippen molar-refractivity contribution in [3.05, 3.63) is 0 Å². The third-order valence-corrected chi connectivity index (χ3v) is 2.14. The van der Waals surface area contributed by atoms with Crippen molar-refractivity contribution < 1.29 is 9.47 Å². The second kappa shape index (κ2) is 8.40. The van der Waals surface area contributed by atoms with Gasteiger partial charge >= 0.3 is 6.01 Å². The summed E-state index contributed by atoms with van der Waals surface area (Å²) in [6, 6.07) is 0.193. The van der Waals surface area contributed by atoms with Crippen LogP contribution in [0.1, 0.15) is 0 Å². The van der Waals surface area contributed by atoms with Gasteiger partial charge in [-0.3, -0.25) is 5.43 Å². The Balaban J connectivity index is 2.32. The molecule has 9 heteroatoms. The first-order valence-electron chi connectivity index (χ1n) is 5.88. The first-order valence-corrected chi connectivity index (χ1v) is 5.88. The zero-order valence-corrected chi connectivity index (χ0v) is 11.5. The van der Waals surface area contributed by atoms with Gasteiger partial charge in [0, 0.05) is 13.1 Å². The maximum absolute atomic E-state index is 5.43. The van der Waals surface area contributed by atoms with E-state index in [9.17, 15) is 0 Å². The third-order valence-electron chi connectivity index (χ3n) is 2.14. The van der Waals surface area contributed by atoms with Gasteiger partial charge in [0.1, 0.15) is 0 Å². The Hall–Kier alpha value is -1.71. The fourth-order valence-corrected chi connectivity index (χ4v) is 1.18. The Morgan fingerprint density at radius 1 is 1.16 bits per heavy atom. The Morgan fingerprint density at radius 3 is 2.53 bits per heavy atom. The van der Waals surface area contributed by atoms with Crippen LogP contribution in [0, 0.1) is 0 Å². The van der Waals surface area contributed by atoms with E-state index < -0.39 is 0 Å². The number of hydrogen-bond donors (Lipinski definition) is 3.